The third-order valence-corrected chi connectivity index (χ3v) is 4.97. The third-order valence-electron chi connectivity index (χ3n) is 3.19. The zero-order valence-corrected chi connectivity index (χ0v) is 14.4. The van der Waals surface area contributed by atoms with Crippen LogP contribution >= 0.6 is 27.3 Å². The molecule has 6 heteroatoms. The van der Waals surface area contributed by atoms with Gasteiger partial charge in [0.05, 0.1) is 15.2 Å². The van der Waals surface area contributed by atoms with E-state index >= 15 is 0 Å². The summed E-state index contributed by atoms with van der Waals surface area (Å²) in [6.07, 6.45) is 0. The molecule has 4 nitrogen and oxygen atoms in total. The predicted octanol–water partition coefficient (Wildman–Crippen LogP) is 4.05. The van der Waals surface area contributed by atoms with Crippen molar-refractivity contribution in [1.82, 2.24) is 10.3 Å². The van der Waals surface area contributed by atoms with Crippen LogP contribution in [0.3, 0.4) is 0 Å². The summed E-state index contributed by atoms with van der Waals surface area (Å²) in [7, 11) is 0. The summed E-state index contributed by atoms with van der Waals surface area (Å²) in [5.74, 6) is 2.09. The van der Waals surface area contributed by atoms with Gasteiger partial charge in [-0.15, -0.1) is 11.3 Å². The lowest BCUT2D eigenvalue weighted by Crippen LogP contribution is -2.13. The van der Waals surface area contributed by atoms with Crippen LogP contribution in [0.2, 0.25) is 0 Å². The standard InChI is InChI=1S/C15H17BrN2O2S/c1-9(2)15-18-11(7-21-15)6-17-5-10-3-12(16)14-13(4-10)19-8-20-14/h3-4,7,9,17H,5-6,8H2,1-2H3. The van der Waals surface area contributed by atoms with Gasteiger partial charge < -0.3 is 14.8 Å². The minimum absolute atomic E-state index is 0.293. The number of nitrogens with one attached hydrogen (secondary N) is 1. The third kappa shape index (κ3) is 3.39. The fraction of sp³-hybridized carbons (Fsp3) is 0.400. The second-order valence-electron chi connectivity index (χ2n) is 5.25. The van der Waals surface area contributed by atoms with Crippen molar-refractivity contribution in [2.75, 3.05) is 6.79 Å². The van der Waals surface area contributed by atoms with Crippen molar-refractivity contribution in [1.29, 1.82) is 0 Å². The van der Waals surface area contributed by atoms with Gasteiger partial charge in [0.1, 0.15) is 0 Å². The van der Waals surface area contributed by atoms with Crippen LogP contribution in [0.15, 0.2) is 22.0 Å². The van der Waals surface area contributed by atoms with E-state index in [0.29, 0.717) is 12.7 Å². The van der Waals surface area contributed by atoms with Crippen molar-refractivity contribution < 1.29 is 9.47 Å². The summed E-state index contributed by atoms with van der Waals surface area (Å²) >= 11 is 5.24. The van der Waals surface area contributed by atoms with Crippen LogP contribution in [0.25, 0.3) is 0 Å². The summed E-state index contributed by atoms with van der Waals surface area (Å²) in [6.45, 7) is 6.17. The molecule has 2 heterocycles. The van der Waals surface area contributed by atoms with E-state index in [0.717, 1.165) is 40.3 Å². The van der Waals surface area contributed by atoms with Gasteiger partial charge in [0.15, 0.2) is 11.5 Å². The van der Waals surface area contributed by atoms with Gasteiger partial charge in [0.2, 0.25) is 6.79 Å². The second kappa shape index (κ2) is 6.34. The van der Waals surface area contributed by atoms with Crippen LogP contribution in [0, 0.1) is 0 Å². The Kier molecular flexibility index (Phi) is 4.47. The second-order valence-corrected chi connectivity index (χ2v) is 6.99. The van der Waals surface area contributed by atoms with Gasteiger partial charge in [-0.05, 0) is 33.6 Å². The molecule has 1 N–H and O–H groups in total. The average Bonchev–Trinajstić information content (AvgIpc) is 3.07. The first-order valence-electron chi connectivity index (χ1n) is 6.86. The van der Waals surface area contributed by atoms with E-state index in [2.05, 4.69) is 51.5 Å². The molecule has 0 atom stereocenters. The topological polar surface area (TPSA) is 43.4 Å². The first kappa shape index (κ1) is 14.8. The summed E-state index contributed by atoms with van der Waals surface area (Å²) in [6, 6.07) is 4.07. The van der Waals surface area contributed by atoms with Gasteiger partial charge in [-0.3, -0.25) is 0 Å². The Morgan fingerprint density at radius 3 is 2.95 bits per heavy atom. The van der Waals surface area contributed by atoms with Crippen LogP contribution in [0.1, 0.15) is 36.0 Å². The molecule has 1 aliphatic heterocycles. The van der Waals surface area contributed by atoms with Crippen molar-refractivity contribution in [3.8, 4) is 11.5 Å². The van der Waals surface area contributed by atoms with Crippen molar-refractivity contribution in [2.24, 2.45) is 0 Å². The molecule has 21 heavy (non-hydrogen) atoms. The van der Waals surface area contributed by atoms with Gasteiger partial charge >= 0.3 is 0 Å². The monoisotopic (exact) mass is 368 g/mol. The van der Waals surface area contributed by atoms with E-state index in [-0.39, 0.29) is 0 Å². The number of fused-ring (bicyclic) bond motifs is 1. The molecular weight excluding hydrogens is 352 g/mol. The Hall–Kier alpha value is -1.11. The zero-order chi connectivity index (χ0) is 14.8. The quantitative estimate of drug-likeness (QED) is 0.864. The molecule has 2 aromatic rings. The maximum atomic E-state index is 5.42. The van der Waals surface area contributed by atoms with E-state index in [1.165, 1.54) is 5.01 Å². The molecule has 0 aliphatic carbocycles. The van der Waals surface area contributed by atoms with Gasteiger partial charge in [0.25, 0.3) is 0 Å². The number of benzene rings is 1. The maximum absolute atomic E-state index is 5.42. The van der Waals surface area contributed by atoms with Crippen molar-refractivity contribution in [3.05, 3.63) is 38.3 Å². The van der Waals surface area contributed by atoms with Gasteiger partial charge in [0, 0.05) is 24.4 Å². The minimum Gasteiger partial charge on any atom is -0.454 e. The fourth-order valence-electron chi connectivity index (χ4n) is 2.13. The minimum atomic E-state index is 0.293. The molecule has 3 rings (SSSR count). The number of hydrogen-bond acceptors (Lipinski definition) is 5. The van der Waals surface area contributed by atoms with Gasteiger partial charge in [-0.25, -0.2) is 4.98 Å². The molecule has 0 saturated heterocycles. The number of halogens is 1. The largest absolute Gasteiger partial charge is 0.454 e. The van der Waals surface area contributed by atoms with Crippen LogP contribution in [0.4, 0.5) is 0 Å². The summed E-state index contributed by atoms with van der Waals surface area (Å²) in [5.41, 5.74) is 2.26. The SMILES string of the molecule is CC(C)c1nc(CNCc2cc(Br)c3c(c2)OCO3)cs1. The molecule has 1 aromatic heterocycles. The average molecular weight is 369 g/mol. The lowest BCUT2D eigenvalue weighted by Gasteiger charge is -2.06. The summed E-state index contributed by atoms with van der Waals surface area (Å²) < 4.78 is 11.7. The van der Waals surface area contributed by atoms with E-state index in [9.17, 15) is 0 Å². The highest BCUT2D eigenvalue weighted by molar-refractivity contribution is 9.10. The highest BCUT2D eigenvalue weighted by atomic mass is 79.9. The maximum Gasteiger partial charge on any atom is 0.231 e. The Balaban J connectivity index is 1.59. The summed E-state index contributed by atoms with van der Waals surface area (Å²) in [5, 5.41) is 6.73. The van der Waals surface area contributed by atoms with E-state index in [1.807, 2.05) is 6.07 Å². The first-order valence-corrected chi connectivity index (χ1v) is 8.54. The normalized spacial score (nSPS) is 13.1. The molecule has 0 fully saturated rings. The number of hydrogen-bond donors (Lipinski definition) is 1. The number of rotatable bonds is 5. The highest BCUT2D eigenvalue weighted by Crippen LogP contribution is 2.39. The molecular formula is C15H17BrN2O2S. The van der Waals surface area contributed by atoms with Gasteiger partial charge in [-0.1, -0.05) is 13.8 Å². The number of nitrogens with zero attached hydrogens (tertiary/aromatic N) is 1. The molecule has 1 aliphatic rings. The predicted molar refractivity (Wildman–Crippen MR) is 87.0 cm³/mol. The number of aromatic nitrogens is 1. The first-order chi connectivity index (χ1) is 10.1. The van der Waals surface area contributed by atoms with Crippen LogP contribution in [-0.2, 0) is 13.1 Å². The molecule has 0 radical (unpaired) electrons. The summed E-state index contributed by atoms with van der Waals surface area (Å²) in [4.78, 5) is 4.62. The molecule has 112 valence electrons. The lowest BCUT2D eigenvalue weighted by molar-refractivity contribution is 0.173. The number of ether oxygens (including phenoxy) is 2. The van der Waals surface area contributed by atoms with E-state index in [4.69, 9.17) is 9.47 Å². The molecule has 0 spiro atoms. The van der Waals surface area contributed by atoms with Crippen LogP contribution in [-0.4, -0.2) is 11.8 Å². The van der Waals surface area contributed by atoms with Crippen LogP contribution < -0.4 is 14.8 Å². The molecule has 0 bridgehead atoms. The fourth-order valence-corrected chi connectivity index (χ4v) is 3.57. The number of thiazole rings is 1. The highest BCUT2D eigenvalue weighted by Gasteiger charge is 2.17. The van der Waals surface area contributed by atoms with Crippen molar-refractivity contribution >= 4 is 27.3 Å². The molecule has 1 aromatic carbocycles. The van der Waals surface area contributed by atoms with E-state index in [1.54, 1.807) is 11.3 Å². The Morgan fingerprint density at radius 1 is 1.33 bits per heavy atom. The Labute approximate surface area is 136 Å². The van der Waals surface area contributed by atoms with Crippen LogP contribution in [0.5, 0.6) is 11.5 Å². The molecule has 0 amide bonds. The van der Waals surface area contributed by atoms with Crippen molar-refractivity contribution in [2.45, 2.75) is 32.9 Å². The lowest BCUT2D eigenvalue weighted by atomic mass is 10.2. The Bertz CT molecular complexity index is 643. The molecule has 0 saturated carbocycles. The van der Waals surface area contributed by atoms with Gasteiger partial charge in [-0.2, -0.15) is 0 Å². The molecule has 0 unspecified atom stereocenters. The van der Waals surface area contributed by atoms with Crippen molar-refractivity contribution in [3.63, 3.8) is 0 Å². The smallest absolute Gasteiger partial charge is 0.231 e. The Morgan fingerprint density at radius 2 is 2.19 bits per heavy atom. The zero-order valence-electron chi connectivity index (χ0n) is 12.0. The van der Waals surface area contributed by atoms with E-state index < -0.39 is 0 Å².